The van der Waals surface area contributed by atoms with Crippen molar-refractivity contribution in [3.8, 4) is 0 Å². The van der Waals surface area contributed by atoms with Crippen molar-refractivity contribution >= 4 is 11.8 Å². The van der Waals surface area contributed by atoms with E-state index in [2.05, 4.69) is 10.2 Å². The van der Waals surface area contributed by atoms with Gasteiger partial charge in [0, 0.05) is 18.4 Å². The van der Waals surface area contributed by atoms with E-state index in [1.807, 2.05) is 0 Å². The molecule has 3 rings (SSSR count). The molecular weight excluding hydrogens is 238 g/mol. The molecule has 1 atom stereocenters. The van der Waals surface area contributed by atoms with Crippen LogP contribution in [0.2, 0.25) is 0 Å². The lowest BCUT2D eigenvalue weighted by atomic mass is 10.1. The van der Waals surface area contributed by atoms with Crippen molar-refractivity contribution in [3.63, 3.8) is 0 Å². The smallest absolute Gasteiger partial charge is 0.344 e. The minimum atomic E-state index is -0.0698. The summed E-state index contributed by atoms with van der Waals surface area (Å²) in [4.78, 5) is 11.6. The molecule has 0 radical (unpaired) electrons. The highest BCUT2D eigenvalue weighted by atomic mass is 32.2. The van der Waals surface area contributed by atoms with Crippen LogP contribution >= 0.6 is 11.8 Å². The van der Waals surface area contributed by atoms with Crippen LogP contribution in [0.1, 0.15) is 38.1 Å². The van der Waals surface area contributed by atoms with E-state index in [9.17, 15) is 4.79 Å². The number of rotatable bonds is 4. The van der Waals surface area contributed by atoms with E-state index in [-0.39, 0.29) is 5.69 Å². The van der Waals surface area contributed by atoms with Gasteiger partial charge < -0.3 is 4.74 Å². The highest BCUT2D eigenvalue weighted by Crippen LogP contribution is 2.36. The van der Waals surface area contributed by atoms with E-state index < -0.39 is 0 Å². The molecule has 17 heavy (non-hydrogen) atoms. The second-order valence-corrected chi connectivity index (χ2v) is 5.70. The number of thioether (sulfide) groups is 1. The molecule has 1 aliphatic carbocycles. The summed E-state index contributed by atoms with van der Waals surface area (Å²) in [6, 6.07) is 0.385. The Balaban J connectivity index is 1.62. The summed E-state index contributed by atoms with van der Waals surface area (Å²) in [6.45, 7) is 0.876. The number of H-pyrrole nitrogens is 1. The maximum absolute atomic E-state index is 11.6. The van der Waals surface area contributed by atoms with Gasteiger partial charge in [0.1, 0.15) is 0 Å². The summed E-state index contributed by atoms with van der Waals surface area (Å²) in [7, 11) is 0. The first-order valence-electron chi connectivity index (χ1n) is 6.26. The van der Waals surface area contributed by atoms with E-state index in [1.165, 1.54) is 12.8 Å². The van der Waals surface area contributed by atoms with E-state index in [4.69, 9.17) is 4.74 Å². The molecule has 5 nitrogen and oxygen atoms in total. The van der Waals surface area contributed by atoms with E-state index in [1.54, 1.807) is 16.3 Å². The summed E-state index contributed by atoms with van der Waals surface area (Å²) in [6.07, 6.45) is 6.09. The Morgan fingerprint density at radius 3 is 3.00 bits per heavy atom. The Labute approximate surface area is 104 Å². The van der Waals surface area contributed by atoms with Crippen LogP contribution in [0.4, 0.5) is 0 Å². The molecule has 2 fully saturated rings. The number of hydrogen-bond donors (Lipinski definition) is 1. The zero-order chi connectivity index (χ0) is 11.7. The lowest BCUT2D eigenvalue weighted by Gasteiger charge is -2.21. The Kier molecular flexibility index (Phi) is 3.24. The van der Waals surface area contributed by atoms with Gasteiger partial charge in [-0.15, -0.1) is 5.10 Å². The van der Waals surface area contributed by atoms with Gasteiger partial charge in [0.15, 0.2) is 5.16 Å². The number of aromatic nitrogens is 3. The molecule has 0 amide bonds. The first kappa shape index (κ1) is 11.3. The van der Waals surface area contributed by atoms with Gasteiger partial charge in [0.05, 0.1) is 6.10 Å². The molecule has 1 aromatic rings. The molecule has 2 heterocycles. The molecule has 0 spiro atoms. The van der Waals surface area contributed by atoms with Gasteiger partial charge in [-0.25, -0.2) is 9.89 Å². The minimum absolute atomic E-state index is 0.0698. The molecular formula is C11H17N3O2S. The van der Waals surface area contributed by atoms with Crippen LogP contribution in [0.5, 0.6) is 0 Å². The standard InChI is InChI=1S/C11H17N3O2S/c15-10-12-13-11(14(10)8-4-5-8)17-7-9-3-1-2-6-16-9/h8-9H,1-7H2,(H,12,15)/t9-/m1/s1. The molecule has 0 bridgehead atoms. The monoisotopic (exact) mass is 255 g/mol. The van der Waals surface area contributed by atoms with Crippen LogP contribution in [0.25, 0.3) is 0 Å². The number of nitrogens with one attached hydrogen (secondary N) is 1. The SMILES string of the molecule is O=c1[nH]nc(SC[C@H]2CCCCO2)n1C1CC1. The molecule has 1 saturated heterocycles. The van der Waals surface area contributed by atoms with Gasteiger partial charge in [-0.1, -0.05) is 11.8 Å². The number of aromatic amines is 1. The van der Waals surface area contributed by atoms with Crippen molar-refractivity contribution < 1.29 is 4.74 Å². The van der Waals surface area contributed by atoms with Crippen LogP contribution < -0.4 is 5.69 Å². The quantitative estimate of drug-likeness (QED) is 0.830. The minimum Gasteiger partial charge on any atom is -0.377 e. The summed E-state index contributed by atoms with van der Waals surface area (Å²) in [5, 5.41) is 7.46. The van der Waals surface area contributed by atoms with Crippen molar-refractivity contribution in [2.24, 2.45) is 0 Å². The van der Waals surface area contributed by atoms with E-state index in [0.29, 0.717) is 12.1 Å². The van der Waals surface area contributed by atoms with E-state index in [0.717, 1.165) is 36.8 Å². The van der Waals surface area contributed by atoms with Gasteiger partial charge in [-0.05, 0) is 32.1 Å². The van der Waals surface area contributed by atoms with Crippen LogP contribution in [0.15, 0.2) is 9.95 Å². The predicted octanol–water partition coefficient (Wildman–Crippen LogP) is 1.57. The average Bonchev–Trinajstić information content (AvgIpc) is 3.12. The maximum Gasteiger partial charge on any atom is 0.344 e. The third-order valence-electron chi connectivity index (χ3n) is 3.26. The fraction of sp³-hybridized carbons (Fsp3) is 0.818. The topological polar surface area (TPSA) is 59.9 Å². The molecule has 0 aromatic carbocycles. The summed E-state index contributed by atoms with van der Waals surface area (Å²) in [5.74, 6) is 0.900. The molecule has 1 saturated carbocycles. The lowest BCUT2D eigenvalue weighted by molar-refractivity contribution is 0.0315. The van der Waals surface area contributed by atoms with Gasteiger partial charge in [0.25, 0.3) is 0 Å². The second kappa shape index (κ2) is 4.86. The molecule has 94 valence electrons. The van der Waals surface area contributed by atoms with Crippen molar-refractivity contribution in [3.05, 3.63) is 10.5 Å². The maximum atomic E-state index is 11.6. The van der Waals surface area contributed by atoms with Crippen LogP contribution in [0, 0.1) is 0 Å². The number of nitrogens with zero attached hydrogens (tertiary/aromatic N) is 2. The Morgan fingerprint density at radius 2 is 2.29 bits per heavy atom. The van der Waals surface area contributed by atoms with Gasteiger partial charge in [-0.2, -0.15) is 0 Å². The summed E-state index contributed by atoms with van der Waals surface area (Å²) < 4.78 is 7.48. The fourth-order valence-electron chi connectivity index (χ4n) is 2.15. The number of hydrogen-bond acceptors (Lipinski definition) is 4. The number of ether oxygens (including phenoxy) is 1. The normalized spacial score (nSPS) is 25.1. The molecule has 2 aliphatic rings. The van der Waals surface area contributed by atoms with Crippen molar-refractivity contribution in [1.29, 1.82) is 0 Å². The van der Waals surface area contributed by atoms with Gasteiger partial charge in [-0.3, -0.25) is 4.57 Å². The van der Waals surface area contributed by atoms with Gasteiger partial charge in [0.2, 0.25) is 0 Å². The van der Waals surface area contributed by atoms with Crippen LogP contribution in [-0.4, -0.2) is 33.2 Å². The third kappa shape index (κ3) is 2.57. The van der Waals surface area contributed by atoms with Gasteiger partial charge >= 0.3 is 5.69 Å². The van der Waals surface area contributed by atoms with Crippen molar-refractivity contribution in [1.82, 2.24) is 14.8 Å². The summed E-state index contributed by atoms with van der Waals surface area (Å²) >= 11 is 1.64. The largest absolute Gasteiger partial charge is 0.377 e. The Morgan fingerprint density at radius 1 is 1.41 bits per heavy atom. The molecule has 1 N–H and O–H groups in total. The first-order chi connectivity index (χ1) is 8.34. The third-order valence-corrected chi connectivity index (χ3v) is 4.34. The Hall–Kier alpha value is -0.750. The Bertz CT molecular complexity index is 432. The van der Waals surface area contributed by atoms with Crippen molar-refractivity contribution in [2.45, 2.75) is 49.4 Å². The first-order valence-corrected chi connectivity index (χ1v) is 7.24. The van der Waals surface area contributed by atoms with Crippen LogP contribution in [-0.2, 0) is 4.74 Å². The zero-order valence-electron chi connectivity index (χ0n) is 9.72. The molecule has 1 aromatic heterocycles. The highest BCUT2D eigenvalue weighted by molar-refractivity contribution is 7.99. The lowest BCUT2D eigenvalue weighted by Crippen LogP contribution is -2.22. The van der Waals surface area contributed by atoms with Crippen LogP contribution in [0.3, 0.4) is 0 Å². The highest BCUT2D eigenvalue weighted by Gasteiger charge is 2.29. The summed E-state index contributed by atoms with van der Waals surface area (Å²) in [5.41, 5.74) is -0.0698. The van der Waals surface area contributed by atoms with Crippen molar-refractivity contribution in [2.75, 3.05) is 12.4 Å². The molecule has 6 heteroatoms. The average molecular weight is 255 g/mol. The molecule has 0 unspecified atom stereocenters. The van der Waals surface area contributed by atoms with E-state index >= 15 is 0 Å². The molecule has 1 aliphatic heterocycles. The second-order valence-electron chi connectivity index (χ2n) is 4.71. The zero-order valence-corrected chi connectivity index (χ0v) is 10.5. The predicted molar refractivity (Wildman–Crippen MR) is 65.4 cm³/mol. The fourth-order valence-corrected chi connectivity index (χ4v) is 3.23.